The normalized spacial score (nSPS) is 25.1. The van der Waals surface area contributed by atoms with Crippen molar-refractivity contribution in [2.45, 2.75) is 98.7 Å². The summed E-state index contributed by atoms with van der Waals surface area (Å²) in [5, 5.41) is 2.56. The van der Waals surface area contributed by atoms with Crippen LogP contribution in [-0.2, 0) is 16.2 Å². The molecule has 0 atom stereocenters. The van der Waals surface area contributed by atoms with E-state index in [-0.39, 0.29) is 16.2 Å². The first-order valence-corrected chi connectivity index (χ1v) is 23.5. The quantitative estimate of drug-likeness (QED) is 0.171. The molecule has 4 fully saturated rings. The lowest BCUT2D eigenvalue weighted by Gasteiger charge is -2.63. The highest BCUT2D eigenvalue weighted by Crippen LogP contribution is 2.69. The molecule has 0 aromatic heterocycles. The van der Waals surface area contributed by atoms with E-state index in [0.29, 0.717) is 0 Å². The third-order valence-electron chi connectivity index (χ3n) is 16.2. The van der Waals surface area contributed by atoms with Gasteiger partial charge in [0.1, 0.15) is 0 Å². The molecule has 7 aromatic rings. The molecule has 298 valence electrons. The van der Waals surface area contributed by atoms with E-state index in [1.165, 1.54) is 116 Å². The summed E-state index contributed by atoms with van der Waals surface area (Å²) < 4.78 is 0. The number of nitrogens with zero attached hydrogens (tertiary/aromatic N) is 1. The minimum atomic E-state index is 0.0943. The monoisotopic (exact) mass is 797 g/mol. The van der Waals surface area contributed by atoms with E-state index < -0.39 is 0 Å². The largest absolute Gasteiger partial charge is 0.310 e. The Hall–Kier alpha value is -5.05. The van der Waals surface area contributed by atoms with E-state index >= 15 is 0 Å². The fourth-order valence-corrected chi connectivity index (χ4v) is 14.4. The van der Waals surface area contributed by atoms with Crippen LogP contribution < -0.4 is 4.90 Å². The van der Waals surface area contributed by atoms with Crippen molar-refractivity contribution in [3.8, 4) is 22.3 Å². The first-order valence-electron chi connectivity index (χ1n) is 22.7. The maximum absolute atomic E-state index is 2.66. The highest BCUT2D eigenvalue weighted by Gasteiger charge is 2.60. The molecule has 1 aliphatic heterocycles. The molecule has 0 N–H and O–H groups in total. The van der Waals surface area contributed by atoms with Crippen molar-refractivity contribution in [3.63, 3.8) is 0 Å². The molecule has 4 saturated carbocycles. The molecule has 0 saturated heterocycles. The van der Waals surface area contributed by atoms with Crippen molar-refractivity contribution in [1.29, 1.82) is 0 Å². The molecule has 0 unspecified atom stereocenters. The zero-order valence-corrected chi connectivity index (χ0v) is 36.4. The highest BCUT2D eigenvalue weighted by atomic mass is 32.2. The van der Waals surface area contributed by atoms with Gasteiger partial charge in [0.15, 0.2) is 0 Å². The van der Waals surface area contributed by atoms with Gasteiger partial charge in [-0.3, -0.25) is 0 Å². The van der Waals surface area contributed by atoms with E-state index in [1.54, 1.807) is 11.1 Å². The summed E-state index contributed by atoms with van der Waals surface area (Å²) in [5.74, 6) is 3.27. The van der Waals surface area contributed by atoms with Gasteiger partial charge in [0, 0.05) is 32.3 Å². The molecule has 1 heterocycles. The van der Waals surface area contributed by atoms with Crippen molar-refractivity contribution >= 4 is 39.6 Å². The zero-order valence-electron chi connectivity index (χ0n) is 35.5. The number of anilines is 3. The molecule has 1 spiro atoms. The number of rotatable bonds is 5. The third kappa shape index (κ3) is 5.66. The maximum Gasteiger partial charge on any atom is 0.0465 e. The zero-order chi connectivity index (χ0) is 40.4. The summed E-state index contributed by atoms with van der Waals surface area (Å²) in [4.78, 5) is 5.54. The molecule has 5 aliphatic carbocycles. The second-order valence-electron chi connectivity index (χ2n) is 20.5. The summed E-state index contributed by atoms with van der Waals surface area (Å²) in [5.41, 5.74) is 15.3. The smallest absolute Gasteiger partial charge is 0.0465 e. The Morgan fingerprint density at radius 3 is 1.63 bits per heavy atom. The molecule has 1 nitrogen and oxygen atoms in total. The Kier molecular flexibility index (Phi) is 8.26. The van der Waals surface area contributed by atoms with E-state index in [2.05, 4.69) is 184 Å². The van der Waals surface area contributed by atoms with Gasteiger partial charge in [0.05, 0.1) is 0 Å². The van der Waals surface area contributed by atoms with Crippen LogP contribution in [0.1, 0.15) is 94.9 Å². The topological polar surface area (TPSA) is 3.24 Å². The van der Waals surface area contributed by atoms with E-state index in [4.69, 9.17) is 0 Å². The van der Waals surface area contributed by atoms with Crippen LogP contribution in [0, 0.1) is 23.7 Å². The molecule has 0 amide bonds. The van der Waals surface area contributed by atoms with Crippen LogP contribution in [-0.4, -0.2) is 0 Å². The minimum absolute atomic E-state index is 0.0943. The van der Waals surface area contributed by atoms with Crippen LogP contribution in [0.25, 0.3) is 33.0 Å². The Bertz CT molecular complexity index is 2780. The summed E-state index contributed by atoms with van der Waals surface area (Å²) in [6, 6.07) is 58.4. The second-order valence-corrected chi connectivity index (χ2v) is 21.6. The van der Waals surface area contributed by atoms with Crippen molar-refractivity contribution in [3.05, 3.63) is 174 Å². The molecular formula is C58H55NS. The van der Waals surface area contributed by atoms with Gasteiger partial charge < -0.3 is 4.90 Å². The lowest BCUT2D eigenvalue weighted by atomic mass is 9.42. The van der Waals surface area contributed by atoms with Crippen LogP contribution in [0.15, 0.2) is 161 Å². The summed E-state index contributed by atoms with van der Waals surface area (Å²) in [6.07, 6.45) is 9.44. The van der Waals surface area contributed by atoms with Crippen LogP contribution in [0.2, 0.25) is 0 Å². The Morgan fingerprint density at radius 1 is 0.417 bits per heavy atom. The number of fused-ring (bicyclic) bond motifs is 4. The van der Waals surface area contributed by atoms with Crippen molar-refractivity contribution < 1.29 is 0 Å². The fourth-order valence-electron chi connectivity index (χ4n) is 13.2. The number of hydrogen-bond acceptors (Lipinski definition) is 2. The predicted octanol–water partition coefficient (Wildman–Crippen LogP) is 16.2. The molecule has 60 heavy (non-hydrogen) atoms. The molecule has 2 heteroatoms. The average Bonchev–Trinajstić information content (AvgIpc) is 3.27. The maximum atomic E-state index is 2.66. The minimum Gasteiger partial charge on any atom is -0.310 e. The fraction of sp³-hybridized carbons (Fsp3) is 0.310. The first-order chi connectivity index (χ1) is 29.1. The van der Waals surface area contributed by atoms with Crippen LogP contribution >= 0.6 is 11.8 Å². The lowest BCUT2D eigenvalue weighted by molar-refractivity contribution is -0.0443. The third-order valence-corrected chi connectivity index (χ3v) is 17.3. The molecule has 4 bridgehead atoms. The Morgan fingerprint density at radius 2 is 0.933 bits per heavy atom. The van der Waals surface area contributed by atoms with Gasteiger partial charge in [-0.25, -0.2) is 0 Å². The SMILES string of the molecule is CC1(C)CCC(C)(C)c2cc(N(c3ccc(-c4ccc(-c5ccc6ccccc6c5)cc4)cc3)c3ccc4c(c3)C3(c5ccccc5S4)C4CC5CC(C4)CC3C5)ccc21. The Balaban J connectivity index is 0.971. The summed E-state index contributed by atoms with van der Waals surface area (Å²) >= 11 is 2.01. The molecule has 13 rings (SSSR count). The van der Waals surface area contributed by atoms with Gasteiger partial charge in [-0.2, -0.15) is 0 Å². The van der Waals surface area contributed by atoms with Crippen molar-refractivity contribution in [2.75, 3.05) is 4.90 Å². The summed E-state index contributed by atoms with van der Waals surface area (Å²) in [7, 11) is 0. The van der Waals surface area contributed by atoms with E-state index in [9.17, 15) is 0 Å². The average molecular weight is 798 g/mol. The van der Waals surface area contributed by atoms with Crippen molar-refractivity contribution in [1.82, 2.24) is 0 Å². The van der Waals surface area contributed by atoms with Gasteiger partial charge in [-0.1, -0.05) is 137 Å². The number of hydrogen-bond donors (Lipinski definition) is 0. The van der Waals surface area contributed by atoms with Crippen molar-refractivity contribution in [2.24, 2.45) is 23.7 Å². The molecule has 0 radical (unpaired) electrons. The highest BCUT2D eigenvalue weighted by molar-refractivity contribution is 7.99. The summed E-state index contributed by atoms with van der Waals surface area (Å²) in [6.45, 7) is 9.79. The molecular weight excluding hydrogens is 743 g/mol. The van der Waals surface area contributed by atoms with Gasteiger partial charge in [0.2, 0.25) is 0 Å². The standard InChI is InChI=1S/C58H55NS/c1-56(2)27-28-57(3,4)52-35-48(23-25-50(52)56)59(47-21-19-41(20-22-47)40-13-15-42(16-14-40)44-18-17-39-9-5-6-10-43(39)34-44)49-24-26-55-53(36-49)58(51-11-7-8-12-54(51)60-55)45-30-37-29-38(32-45)33-46(58)31-37/h5-26,34-38,45-46H,27-33H2,1-4H3. The van der Waals surface area contributed by atoms with Crippen LogP contribution in [0.3, 0.4) is 0 Å². The Labute approximate surface area is 361 Å². The van der Waals surface area contributed by atoms with Crippen LogP contribution in [0.4, 0.5) is 17.1 Å². The van der Waals surface area contributed by atoms with Gasteiger partial charge in [-0.15, -0.1) is 0 Å². The number of benzene rings is 7. The van der Waals surface area contributed by atoms with Gasteiger partial charge in [0.25, 0.3) is 0 Å². The lowest BCUT2D eigenvalue weighted by Crippen LogP contribution is -2.57. The second kappa shape index (κ2) is 13.5. The van der Waals surface area contributed by atoms with E-state index in [0.717, 1.165) is 23.7 Å². The van der Waals surface area contributed by atoms with Gasteiger partial charge in [-0.05, 0) is 189 Å². The van der Waals surface area contributed by atoms with E-state index in [1.807, 2.05) is 11.8 Å². The van der Waals surface area contributed by atoms with Gasteiger partial charge >= 0.3 is 0 Å². The van der Waals surface area contributed by atoms with Crippen LogP contribution in [0.5, 0.6) is 0 Å². The molecule has 7 aromatic carbocycles. The first kappa shape index (κ1) is 36.8. The predicted molar refractivity (Wildman–Crippen MR) is 253 cm³/mol. The molecule has 6 aliphatic rings.